The second-order valence-corrected chi connectivity index (χ2v) is 6.33. The molecule has 0 aliphatic carbocycles. The van der Waals surface area contributed by atoms with Gasteiger partial charge in [0.15, 0.2) is 0 Å². The van der Waals surface area contributed by atoms with Gasteiger partial charge in [-0.3, -0.25) is 0 Å². The molecule has 5 nitrogen and oxygen atoms in total. The van der Waals surface area contributed by atoms with Gasteiger partial charge in [0.05, 0.1) is 16.6 Å². The van der Waals surface area contributed by atoms with Crippen LogP contribution in [0.4, 0.5) is 13.2 Å². The number of phenols is 1. The molecule has 0 saturated carbocycles. The van der Waals surface area contributed by atoms with E-state index in [9.17, 15) is 26.7 Å². The first-order valence-electron chi connectivity index (χ1n) is 5.59. The van der Waals surface area contributed by atoms with Crippen molar-refractivity contribution in [2.45, 2.75) is 17.2 Å². The molecule has 1 heterocycles. The lowest BCUT2D eigenvalue weighted by atomic mass is 10.2. The molecular formula is C11H12F3NO4S. The molecule has 1 N–H and O–H groups in total. The predicted octanol–water partition coefficient (Wildman–Crippen LogP) is 1.43. The average Bonchev–Trinajstić information content (AvgIpc) is 2.25. The summed E-state index contributed by atoms with van der Waals surface area (Å²) in [4.78, 5) is -0.584. The van der Waals surface area contributed by atoms with Crippen molar-refractivity contribution in [2.75, 3.05) is 20.2 Å². The van der Waals surface area contributed by atoms with Gasteiger partial charge in [-0.05, 0) is 18.2 Å². The molecule has 2 rings (SSSR count). The first kappa shape index (κ1) is 15.1. The molecular weight excluding hydrogens is 299 g/mol. The zero-order valence-electron chi connectivity index (χ0n) is 10.4. The summed E-state index contributed by atoms with van der Waals surface area (Å²) in [5.74, 6) is -0.748. The van der Waals surface area contributed by atoms with Crippen LogP contribution in [-0.4, -0.2) is 44.1 Å². The lowest BCUT2D eigenvalue weighted by Gasteiger charge is -2.36. The Labute approximate surface area is 113 Å². The van der Waals surface area contributed by atoms with Gasteiger partial charge in [-0.2, -0.15) is 17.5 Å². The number of ether oxygens (including phenoxy) is 1. The number of alkyl halides is 3. The smallest absolute Gasteiger partial charge is 0.416 e. The van der Waals surface area contributed by atoms with Crippen molar-refractivity contribution >= 4 is 10.0 Å². The number of methoxy groups -OCH3 is 1. The van der Waals surface area contributed by atoms with E-state index in [0.29, 0.717) is 12.1 Å². The van der Waals surface area contributed by atoms with Crippen molar-refractivity contribution < 1.29 is 31.4 Å². The van der Waals surface area contributed by atoms with Crippen LogP contribution in [0.15, 0.2) is 23.1 Å². The molecule has 0 aromatic heterocycles. The Bertz CT molecular complexity index is 609. The number of hydrogen-bond acceptors (Lipinski definition) is 4. The van der Waals surface area contributed by atoms with Crippen LogP contribution in [0.3, 0.4) is 0 Å². The minimum atomic E-state index is -4.73. The van der Waals surface area contributed by atoms with Crippen molar-refractivity contribution in [3.05, 3.63) is 23.8 Å². The van der Waals surface area contributed by atoms with Crippen LogP contribution in [0.2, 0.25) is 0 Å². The van der Waals surface area contributed by atoms with Gasteiger partial charge in [-0.1, -0.05) is 0 Å². The van der Waals surface area contributed by atoms with E-state index < -0.39 is 32.4 Å². The van der Waals surface area contributed by atoms with E-state index in [4.69, 9.17) is 4.74 Å². The zero-order chi connectivity index (χ0) is 15.1. The second-order valence-electron chi connectivity index (χ2n) is 4.39. The van der Waals surface area contributed by atoms with Crippen molar-refractivity contribution in [1.82, 2.24) is 4.31 Å². The third-order valence-electron chi connectivity index (χ3n) is 3.00. The highest BCUT2D eigenvalue weighted by Gasteiger charge is 2.39. The second kappa shape index (κ2) is 4.90. The van der Waals surface area contributed by atoms with E-state index in [1.165, 1.54) is 7.11 Å². The fourth-order valence-electron chi connectivity index (χ4n) is 1.79. The zero-order valence-corrected chi connectivity index (χ0v) is 11.2. The highest BCUT2D eigenvalue weighted by atomic mass is 32.2. The van der Waals surface area contributed by atoms with Gasteiger partial charge in [0.25, 0.3) is 0 Å². The summed E-state index contributed by atoms with van der Waals surface area (Å²) in [5.41, 5.74) is -1.21. The first-order valence-corrected chi connectivity index (χ1v) is 7.03. The molecule has 0 unspecified atom stereocenters. The normalized spacial score (nSPS) is 18.0. The van der Waals surface area contributed by atoms with Gasteiger partial charge >= 0.3 is 6.18 Å². The number of hydrogen-bond donors (Lipinski definition) is 1. The molecule has 1 saturated heterocycles. The molecule has 1 aromatic rings. The van der Waals surface area contributed by atoms with Crippen LogP contribution in [0.1, 0.15) is 5.56 Å². The topological polar surface area (TPSA) is 66.8 Å². The van der Waals surface area contributed by atoms with Crippen molar-refractivity contribution in [1.29, 1.82) is 0 Å². The van der Waals surface area contributed by atoms with Crippen LogP contribution in [0, 0.1) is 0 Å². The predicted molar refractivity (Wildman–Crippen MR) is 62.7 cm³/mol. The maximum atomic E-state index is 12.6. The van der Waals surface area contributed by atoms with Crippen molar-refractivity contribution in [3.8, 4) is 5.75 Å². The van der Waals surface area contributed by atoms with Crippen molar-refractivity contribution in [3.63, 3.8) is 0 Å². The highest BCUT2D eigenvalue weighted by molar-refractivity contribution is 7.89. The maximum absolute atomic E-state index is 12.6. The van der Waals surface area contributed by atoms with Gasteiger partial charge in [-0.25, -0.2) is 8.42 Å². The van der Waals surface area contributed by atoms with E-state index in [1.807, 2.05) is 0 Å². The van der Waals surface area contributed by atoms with Gasteiger partial charge < -0.3 is 9.84 Å². The fraction of sp³-hybridized carbons (Fsp3) is 0.455. The SMILES string of the molecule is COC1CN(S(=O)(=O)c2cc(O)cc(C(F)(F)F)c2)C1. The number of sulfonamides is 1. The van der Waals surface area contributed by atoms with E-state index >= 15 is 0 Å². The third kappa shape index (κ3) is 2.74. The van der Waals surface area contributed by atoms with E-state index in [0.717, 1.165) is 10.4 Å². The Kier molecular flexibility index (Phi) is 3.69. The molecule has 0 radical (unpaired) electrons. The lowest BCUT2D eigenvalue weighted by Crippen LogP contribution is -2.54. The van der Waals surface area contributed by atoms with E-state index in [-0.39, 0.29) is 19.2 Å². The Balaban J connectivity index is 2.36. The summed E-state index contributed by atoms with van der Waals surface area (Å²) in [6, 6.07) is 1.78. The number of benzene rings is 1. The van der Waals surface area contributed by atoms with Crippen molar-refractivity contribution in [2.24, 2.45) is 0 Å². The maximum Gasteiger partial charge on any atom is 0.416 e. The molecule has 0 bridgehead atoms. The third-order valence-corrected chi connectivity index (χ3v) is 4.81. The summed E-state index contributed by atoms with van der Waals surface area (Å²) in [7, 11) is -2.64. The summed E-state index contributed by atoms with van der Waals surface area (Å²) in [6.45, 7) is 0.158. The van der Waals surface area contributed by atoms with Crippen LogP contribution >= 0.6 is 0 Å². The first-order chi connectivity index (χ1) is 9.14. The van der Waals surface area contributed by atoms with Gasteiger partial charge in [0.1, 0.15) is 5.75 Å². The standard InChI is InChI=1S/C11H12F3NO4S/c1-19-9-5-15(6-9)20(17,18)10-3-7(11(12,13)14)2-8(16)4-10/h2-4,9,16H,5-6H2,1H3. The summed E-state index contributed by atoms with van der Waals surface area (Å²) in [5, 5.41) is 9.28. The number of phenolic OH excluding ortho intramolecular Hbond substituents is 1. The van der Waals surface area contributed by atoms with Crippen LogP contribution in [0.25, 0.3) is 0 Å². The summed E-state index contributed by atoms with van der Waals surface area (Å²) in [6.07, 6.45) is -4.99. The molecule has 20 heavy (non-hydrogen) atoms. The fourth-order valence-corrected chi connectivity index (χ4v) is 3.36. The van der Waals surface area contributed by atoms with Crippen LogP contribution in [0.5, 0.6) is 5.75 Å². The largest absolute Gasteiger partial charge is 0.508 e. The Morgan fingerprint density at radius 1 is 1.30 bits per heavy atom. The van der Waals surface area contributed by atoms with E-state index in [2.05, 4.69) is 0 Å². The molecule has 0 amide bonds. The monoisotopic (exact) mass is 311 g/mol. The number of nitrogens with zero attached hydrogens (tertiary/aromatic N) is 1. The minimum absolute atomic E-state index is 0.0792. The molecule has 1 aliphatic heterocycles. The molecule has 1 aliphatic rings. The molecule has 1 fully saturated rings. The molecule has 1 aromatic carbocycles. The number of rotatable bonds is 3. The number of halogens is 3. The van der Waals surface area contributed by atoms with Crippen LogP contribution < -0.4 is 0 Å². The van der Waals surface area contributed by atoms with Gasteiger partial charge in [0, 0.05) is 20.2 Å². The Morgan fingerprint density at radius 3 is 2.40 bits per heavy atom. The number of aromatic hydroxyl groups is 1. The molecule has 0 atom stereocenters. The van der Waals surface area contributed by atoms with Crippen LogP contribution in [-0.2, 0) is 20.9 Å². The minimum Gasteiger partial charge on any atom is -0.508 e. The molecule has 9 heteroatoms. The Morgan fingerprint density at radius 2 is 1.90 bits per heavy atom. The molecule has 0 spiro atoms. The Hall–Kier alpha value is -1.32. The quantitative estimate of drug-likeness (QED) is 0.917. The molecule has 112 valence electrons. The van der Waals surface area contributed by atoms with Gasteiger partial charge in [0.2, 0.25) is 10.0 Å². The average molecular weight is 311 g/mol. The summed E-state index contributed by atoms with van der Waals surface area (Å²) < 4.78 is 67.9. The summed E-state index contributed by atoms with van der Waals surface area (Å²) >= 11 is 0. The van der Waals surface area contributed by atoms with E-state index in [1.54, 1.807) is 0 Å². The lowest BCUT2D eigenvalue weighted by molar-refractivity contribution is -0.137. The van der Waals surface area contributed by atoms with Gasteiger partial charge in [-0.15, -0.1) is 0 Å². The highest BCUT2D eigenvalue weighted by Crippen LogP contribution is 2.34.